The summed E-state index contributed by atoms with van der Waals surface area (Å²) in [6.07, 6.45) is 0.0374. The van der Waals surface area contributed by atoms with Gasteiger partial charge in [0.25, 0.3) is 0 Å². The number of rotatable bonds is 7. The summed E-state index contributed by atoms with van der Waals surface area (Å²) >= 11 is 0. The third-order valence-corrected chi connectivity index (χ3v) is 6.91. The van der Waals surface area contributed by atoms with Crippen molar-refractivity contribution in [2.45, 2.75) is 18.2 Å². The number of piperazine rings is 1. The van der Waals surface area contributed by atoms with Gasteiger partial charge in [0.15, 0.2) is 5.75 Å². The average Bonchev–Trinajstić information content (AvgIpc) is 2.75. The Morgan fingerprint density at radius 1 is 1.13 bits per heavy atom. The number of nitrogens with two attached hydrogens (primary N) is 1. The number of aryl methyl sites for hydroxylation is 1. The zero-order valence-electron chi connectivity index (χ0n) is 17.1. The number of sulfonamides is 1. The SMILES string of the molecule is Cc1ccc(OCCC(=O)N2CCN(S(=O)(=O)c3ccc(N)cc3)CC2)c([N+](=O)[O-])c1. The number of nitrogen functional groups attached to an aromatic ring is 1. The van der Waals surface area contributed by atoms with Crippen LogP contribution >= 0.6 is 0 Å². The molecule has 0 atom stereocenters. The maximum absolute atomic E-state index is 12.7. The molecule has 0 radical (unpaired) electrons. The van der Waals surface area contributed by atoms with Crippen LogP contribution in [-0.2, 0) is 14.8 Å². The van der Waals surface area contributed by atoms with Crippen molar-refractivity contribution in [3.8, 4) is 5.75 Å². The van der Waals surface area contributed by atoms with Crippen LogP contribution in [0.3, 0.4) is 0 Å². The normalized spacial score (nSPS) is 14.9. The van der Waals surface area contributed by atoms with E-state index in [1.807, 2.05) is 0 Å². The van der Waals surface area contributed by atoms with Crippen LogP contribution in [0.25, 0.3) is 0 Å². The van der Waals surface area contributed by atoms with Crippen molar-refractivity contribution in [3.63, 3.8) is 0 Å². The molecule has 2 aromatic rings. The van der Waals surface area contributed by atoms with Crippen LogP contribution in [0.4, 0.5) is 11.4 Å². The summed E-state index contributed by atoms with van der Waals surface area (Å²) in [5.41, 5.74) is 6.68. The Hall–Kier alpha value is -3.18. The molecule has 31 heavy (non-hydrogen) atoms. The fourth-order valence-corrected chi connectivity index (χ4v) is 4.69. The molecule has 10 nitrogen and oxygen atoms in total. The van der Waals surface area contributed by atoms with Gasteiger partial charge in [-0.05, 0) is 42.8 Å². The largest absolute Gasteiger partial charge is 0.486 e. The maximum Gasteiger partial charge on any atom is 0.311 e. The highest BCUT2D eigenvalue weighted by molar-refractivity contribution is 7.89. The first-order valence-corrected chi connectivity index (χ1v) is 11.1. The molecule has 0 saturated carbocycles. The fraction of sp³-hybridized carbons (Fsp3) is 0.350. The van der Waals surface area contributed by atoms with Crippen LogP contribution in [0.15, 0.2) is 47.4 Å². The first-order chi connectivity index (χ1) is 14.7. The molecule has 0 unspecified atom stereocenters. The third-order valence-electron chi connectivity index (χ3n) is 4.99. The molecule has 0 bridgehead atoms. The lowest BCUT2D eigenvalue weighted by atomic mass is 10.2. The van der Waals surface area contributed by atoms with Crippen molar-refractivity contribution in [1.82, 2.24) is 9.21 Å². The van der Waals surface area contributed by atoms with E-state index < -0.39 is 14.9 Å². The van der Waals surface area contributed by atoms with Gasteiger partial charge in [-0.25, -0.2) is 8.42 Å². The molecule has 1 saturated heterocycles. The molecule has 2 aromatic carbocycles. The number of anilines is 1. The number of nitro benzene ring substituents is 1. The summed E-state index contributed by atoms with van der Waals surface area (Å²) in [5, 5.41) is 11.1. The van der Waals surface area contributed by atoms with Crippen molar-refractivity contribution < 1.29 is 22.9 Å². The predicted octanol–water partition coefficient (Wildman–Crippen LogP) is 1.79. The number of carbonyl (C=O) groups excluding carboxylic acids is 1. The summed E-state index contributed by atoms with van der Waals surface area (Å²) in [5.74, 6) is -0.0814. The molecule has 11 heteroatoms. The van der Waals surface area contributed by atoms with Gasteiger partial charge in [-0.3, -0.25) is 14.9 Å². The molecule has 0 aromatic heterocycles. The van der Waals surface area contributed by atoms with E-state index in [1.54, 1.807) is 17.9 Å². The van der Waals surface area contributed by atoms with Crippen LogP contribution < -0.4 is 10.5 Å². The predicted molar refractivity (Wildman–Crippen MR) is 114 cm³/mol. The lowest BCUT2D eigenvalue weighted by Crippen LogP contribution is -2.50. The molecule has 1 aliphatic rings. The molecule has 0 aliphatic carbocycles. The van der Waals surface area contributed by atoms with Crippen LogP contribution in [0.1, 0.15) is 12.0 Å². The lowest BCUT2D eigenvalue weighted by Gasteiger charge is -2.34. The minimum absolute atomic E-state index is 0.00726. The van der Waals surface area contributed by atoms with Gasteiger partial charge in [-0.2, -0.15) is 4.31 Å². The van der Waals surface area contributed by atoms with Crippen LogP contribution in [-0.4, -0.2) is 61.2 Å². The Bertz CT molecular complexity index is 1060. The number of amides is 1. The first kappa shape index (κ1) is 22.5. The molecule has 1 heterocycles. The summed E-state index contributed by atoms with van der Waals surface area (Å²) < 4.78 is 32.2. The molecule has 1 aliphatic heterocycles. The Morgan fingerprint density at radius 2 is 1.77 bits per heavy atom. The molecule has 166 valence electrons. The van der Waals surface area contributed by atoms with Crippen molar-refractivity contribution in [3.05, 3.63) is 58.1 Å². The molecular formula is C20H24N4O6S. The fourth-order valence-electron chi connectivity index (χ4n) is 3.27. The highest BCUT2D eigenvalue weighted by atomic mass is 32.2. The number of hydrogen-bond acceptors (Lipinski definition) is 7. The van der Waals surface area contributed by atoms with Crippen LogP contribution in [0, 0.1) is 17.0 Å². The van der Waals surface area contributed by atoms with Crippen LogP contribution in [0.5, 0.6) is 5.75 Å². The van der Waals surface area contributed by atoms with Gasteiger partial charge in [-0.15, -0.1) is 0 Å². The molecular weight excluding hydrogens is 424 g/mol. The minimum atomic E-state index is -3.65. The highest BCUT2D eigenvalue weighted by Crippen LogP contribution is 2.28. The van der Waals surface area contributed by atoms with Gasteiger partial charge in [0.1, 0.15) is 0 Å². The van der Waals surface area contributed by atoms with Crippen molar-refractivity contribution >= 4 is 27.3 Å². The van der Waals surface area contributed by atoms with Gasteiger partial charge in [0, 0.05) is 37.9 Å². The summed E-state index contributed by atoms with van der Waals surface area (Å²) in [6.45, 7) is 2.63. The van der Waals surface area contributed by atoms with Gasteiger partial charge >= 0.3 is 5.69 Å². The Kier molecular flexibility index (Phi) is 6.76. The summed E-state index contributed by atoms with van der Waals surface area (Å²) in [4.78, 5) is 24.8. The number of nitro groups is 1. The van der Waals surface area contributed by atoms with E-state index >= 15 is 0 Å². The number of ether oxygens (including phenoxy) is 1. The highest BCUT2D eigenvalue weighted by Gasteiger charge is 2.30. The van der Waals surface area contributed by atoms with Gasteiger partial charge in [0.2, 0.25) is 15.9 Å². The van der Waals surface area contributed by atoms with E-state index in [-0.39, 0.29) is 61.4 Å². The number of nitrogens with zero attached hydrogens (tertiary/aromatic N) is 3. The third kappa shape index (κ3) is 5.30. The van der Waals surface area contributed by atoms with Crippen LogP contribution in [0.2, 0.25) is 0 Å². The van der Waals surface area contributed by atoms with E-state index in [2.05, 4.69) is 0 Å². The second kappa shape index (κ2) is 9.31. The molecule has 1 fully saturated rings. The second-order valence-electron chi connectivity index (χ2n) is 7.18. The standard InChI is InChI=1S/C20H24N4O6S/c1-15-2-7-19(18(14-15)24(26)27)30-13-8-20(25)22-9-11-23(12-10-22)31(28,29)17-5-3-16(21)4-6-17/h2-7,14H,8-13,21H2,1H3. The topological polar surface area (TPSA) is 136 Å². The number of benzene rings is 2. The average molecular weight is 449 g/mol. The quantitative estimate of drug-likeness (QED) is 0.387. The van der Waals surface area contributed by atoms with Crippen molar-refractivity contribution in [1.29, 1.82) is 0 Å². The Morgan fingerprint density at radius 3 is 2.39 bits per heavy atom. The number of carbonyl (C=O) groups is 1. The smallest absolute Gasteiger partial charge is 0.311 e. The van der Waals surface area contributed by atoms with Gasteiger partial charge in [0.05, 0.1) is 22.8 Å². The van der Waals surface area contributed by atoms with Crippen molar-refractivity contribution in [2.75, 3.05) is 38.5 Å². The van der Waals surface area contributed by atoms with E-state index in [4.69, 9.17) is 10.5 Å². The maximum atomic E-state index is 12.7. The van der Waals surface area contributed by atoms with Gasteiger partial charge < -0.3 is 15.4 Å². The number of hydrogen-bond donors (Lipinski definition) is 1. The Labute approximate surface area is 180 Å². The molecule has 2 N–H and O–H groups in total. The molecule has 0 spiro atoms. The summed E-state index contributed by atoms with van der Waals surface area (Å²) in [7, 11) is -3.65. The monoisotopic (exact) mass is 448 g/mol. The van der Waals surface area contributed by atoms with E-state index in [9.17, 15) is 23.3 Å². The van der Waals surface area contributed by atoms with E-state index in [0.29, 0.717) is 5.69 Å². The minimum Gasteiger partial charge on any atom is -0.486 e. The molecule has 1 amide bonds. The van der Waals surface area contributed by atoms with Crippen molar-refractivity contribution in [2.24, 2.45) is 0 Å². The first-order valence-electron chi connectivity index (χ1n) is 9.70. The second-order valence-corrected chi connectivity index (χ2v) is 9.12. The lowest BCUT2D eigenvalue weighted by molar-refractivity contribution is -0.385. The zero-order chi connectivity index (χ0) is 22.6. The Balaban J connectivity index is 1.52. The van der Waals surface area contributed by atoms with E-state index in [1.165, 1.54) is 40.7 Å². The zero-order valence-corrected chi connectivity index (χ0v) is 17.9. The van der Waals surface area contributed by atoms with Gasteiger partial charge in [-0.1, -0.05) is 6.07 Å². The van der Waals surface area contributed by atoms with E-state index in [0.717, 1.165) is 5.56 Å². The molecule has 3 rings (SSSR count). The summed E-state index contributed by atoms with van der Waals surface area (Å²) in [6, 6.07) is 10.6.